The molecule has 0 bridgehead atoms. The van der Waals surface area contributed by atoms with Gasteiger partial charge in [0.1, 0.15) is 11.6 Å². The largest absolute Gasteiger partial charge is 0.313 e. The summed E-state index contributed by atoms with van der Waals surface area (Å²) in [4.78, 5) is 2.42. The van der Waals surface area contributed by atoms with Gasteiger partial charge < -0.3 is 10.2 Å². The van der Waals surface area contributed by atoms with E-state index in [0.717, 1.165) is 38.0 Å². The average Bonchev–Trinajstić information content (AvgIpc) is 2.75. The minimum absolute atomic E-state index is 0.00102. The second-order valence-electron chi connectivity index (χ2n) is 5.53. The molecule has 1 heterocycles. The van der Waals surface area contributed by atoms with Gasteiger partial charge in [-0.15, -0.1) is 0 Å². The molecule has 0 amide bonds. The van der Waals surface area contributed by atoms with Crippen LogP contribution in [0, 0.1) is 17.6 Å². The molecule has 2 rings (SSSR count). The van der Waals surface area contributed by atoms with Crippen molar-refractivity contribution >= 4 is 0 Å². The molecule has 2 unspecified atom stereocenters. The van der Waals surface area contributed by atoms with Crippen LogP contribution < -0.4 is 5.32 Å². The molecule has 2 atom stereocenters. The molecule has 1 fully saturated rings. The summed E-state index contributed by atoms with van der Waals surface area (Å²) in [6, 6.07) is 3.74. The highest BCUT2D eigenvalue weighted by atomic mass is 19.1. The van der Waals surface area contributed by atoms with Crippen molar-refractivity contribution in [3.05, 3.63) is 35.4 Å². The van der Waals surface area contributed by atoms with Crippen LogP contribution in [0.2, 0.25) is 0 Å². The van der Waals surface area contributed by atoms with E-state index in [0.29, 0.717) is 5.56 Å². The molecule has 0 aromatic heterocycles. The van der Waals surface area contributed by atoms with Crippen molar-refractivity contribution in [2.45, 2.75) is 25.8 Å². The highest BCUT2D eigenvalue weighted by molar-refractivity contribution is 5.21. The van der Waals surface area contributed by atoms with E-state index < -0.39 is 11.6 Å². The number of likely N-dealkylation sites (tertiary alicyclic amines) is 1. The Bertz CT molecular complexity index is 402. The number of nitrogens with one attached hydrogen (secondary N) is 1. The predicted molar refractivity (Wildman–Crippen MR) is 73.0 cm³/mol. The molecular formula is C15H22F2N2. The quantitative estimate of drug-likeness (QED) is 0.883. The van der Waals surface area contributed by atoms with Crippen LogP contribution in [-0.4, -0.2) is 31.6 Å². The van der Waals surface area contributed by atoms with Crippen LogP contribution >= 0.6 is 0 Å². The summed E-state index contributed by atoms with van der Waals surface area (Å²) in [5.41, 5.74) is 0.687. The van der Waals surface area contributed by atoms with E-state index in [1.807, 2.05) is 7.05 Å². The van der Waals surface area contributed by atoms with Crippen molar-refractivity contribution in [3.8, 4) is 0 Å². The molecule has 1 aliphatic rings. The zero-order chi connectivity index (χ0) is 13.8. The van der Waals surface area contributed by atoms with Crippen molar-refractivity contribution in [1.82, 2.24) is 10.2 Å². The number of hydrogen-bond acceptors (Lipinski definition) is 2. The lowest BCUT2D eigenvalue weighted by atomic mass is 10.0. The van der Waals surface area contributed by atoms with Gasteiger partial charge >= 0.3 is 0 Å². The molecule has 1 aromatic carbocycles. The molecule has 2 nitrogen and oxygen atoms in total. The zero-order valence-electron chi connectivity index (χ0n) is 11.6. The fourth-order valence-electron chi connectivity index (χ4n) is 2.80. The van der Waals surface area contributed by atoms with E-state index in [1.54, 1.807) is 0 Å². The number of hydrogen-bond donors (Lipinski definition) is 1. The summed E-state index contributed by atoms with van der Waals surface area (Å²) >= 11 is 0. The van der Waals surface area contributed by atoms with E-state index in [4.69, 9.17) is 0 Å². The number of halogens is 2. The van der Waals surface area contributed by atoms with E-state index in [2.05, 4.69) is 17.1 Å². The first-order chi connectivity index (χ1) is 9.08. The van der Waals surface area contributed by atoms with Crippen molar-refractivity contribution in [2.24, 2.45) is 5.92 Å². The summed E-state index contributed by atoms with van der Waals surface area (Å²) in [5, 5.41) is 3.15. The van der Waals surface area contributed by atoms with Gasteiger partial charge in [-0.25, -0.2) is 8.78 Å². The number of benzene rings is 1. The molecule has 1 aliphatic heterocycles. The topological polar surface area (TPSA) is 15.3 Å². The third-order valence-electron chi connectivity index (χ3n) is 3.88. The van der Waals surface area contributed by atoms with Crippen LogP contribution in [0.3, 0.4) is 0 Å². The molecule has 0 aliphatic carbocycles. The molecule has 0 radical (unpaired) electrons. The molecule has 0 spiro atoms. The Morgan fingerprint density at radius 3 is 2.53 bits per heavy atom. The fraction of sp³-hybridized carbons (Fsp3) is 0.600. The minimum atomic E-state index is -0.509. The lowest BCUT2D eigenvalue weighted by Crippen LogP contribution is -2.26. The van der Waals surface area contributed by atoms with Gasteiger partial charge in [0.05, 0.1) is 0 Å². The normalized spacial score (nSPS) is 21.8. The molecular weight excluding hydrogens is 246 g/mol. The smallest absolute Gasteiger partial charge is 0.126 e. The number of nitrogens with zero attached hydrogens (tertiary/aromatic N) is 1. The van der Waals surface area contributed by atoms with E-state index >= 15 is 0 Å². The van der Waals surface area contributed by atoms with Crippen LogP contribution in [-0.2, 0) is 0 Å². The molecule has 106 valence electrons. The van der Waals surface area contributed by atoms with Crippen LogP contribution in [0.1, 0.15) is 31.4 Å². The Morgan fingerprint density at radius 1 is 1.32 bits per heavy atom. The molecule has 1 N–H and O–H groups in total. The van der Waals surface area contributed by atoms with Gasteiger partial charge in [-0.2, -0.15) is 0 Å². The first-order valence-corrected chi connectivity index (χ1v) is 6.94. The van der Waals surface area contributed by atoms with E-state index in [1.165, 1.54) is 18.6 Å². The second-order valence-corrected chi connectivity index (χ2v) is 5.53. The van der Waals surface area contributed by atoms with Crippen LogP contribution in [0.25, 0.3) is 0 Å². The third-order valence-corrected chi connectivity index (χ3v) is 3.88. The third kappa shape index (κ3) is 3.98. The molecule has 19 heavy (non-hydrogen) atoms. The highest BCUT2D eigenvalue weighted by Crippen LogP contribution is 2.21. The first-order valence-electron chi connectivity index (χ1n) is 6.94. The monoisotopic (exact) mass is 268 g/mol. The Hall–Kier alpha value is -1.00. The van der Waals surface area contributed by atoms with Gasteiger partial charge in [-0.3, -0.25) is 0 Å². The minimum Gasteiger partial charge on any atom is -0.313 e. The maximum absolute atomic E-state index is 13.2. The van der Waals surface area contributed by atoms with Gasteiger partial charge in [-0.05, 0) is 56.6 Å². The van der Waals surface area contributed by atoms with Gasteiger partial charge in [0.2, 0.25) is 0 Å². The SMILES string of the molecule is CNC(CCN1CCC(C)C1)c1cc(F)cc(F)c1. The fourth-order valence-corrected chi connectivity index (χ4v) is 2.80. The summed E-state index contributed by atoms with van der Waals surface area (Å²) in [6.07, 6.45) is 2.12. The Morgan fingerprint density at radius 2 is 2.00 bits per heavy atom. The van der Waals surface area contributed by atoms with E-state index in [9.17, 15) is 8.78 Å². The summed E-state index contributed by atoms with van der Waals surface area (Å²) in [5.74, 6) is -0.255. The summed E-state index contributed by atoms with van der Waals surface area (Å²) in [7, 11) is 1.83. The standard InChI is InChI=1S/C15H22F2N2/c1-11-3-5-19(10-11)6-4-15(18-2)12-7-13(16)9-14(17)8-12/h7-9,11,15,18H,3-6,10H2,1-2H3. The zero-order valence-corrected chi connectivity index (χ0v) is 11.6. The maximum atomic E-state index is 13.2. The molecule has 4 heteroatoms. The summed E-state index contributed by atoms with van der Waals surface area (Å²) in [6.45, 7) is 5.49. The molecule has 0 saturated carbocycles. The van der Waals surface area contributed by atoms with Crippen LogP contribution in [0.5, 0.6) is 0 Å². The van der Waals surface area contributed by atoms with Crippen molar-refractivity contribution < 1.29 is 8.78 Å². The average molecular weight is 268 g/mol. The first kappa shape index (κ1) is 14.4. The number of rotatable bonds is 5. The van der Waals surface area contributed by atoms with Crippen molar-refractivity contribution in [2.75, 3.05) is 26.7 Å². The maximum Gasteiger partial charge on any atom is 0.126 e. The van der Waals surface area contributed by atoms with Crippen molar-refractivity contribution in [3.63, 3.8) is 0 Å². The van der Waals surface area contributed by atoms with Gasteiger partial charge in [0, 0.05) is 18.7 Å². The Kier molecular flexibility index (Phi) is 4.88. The summed E-state index contributed by atoms with van der Waals surface area (Å²) < 4.78 is 26.5. The van der Waals surface area contributed by atoms with E-state index in [-0.39, 0.29) is 6.04 Å². The van der Waals surface area contributed by atoms with Gasteiger partial charge in [0.15, 0.2) is 0 Å². The van der Waals surface area contributed by atoms with Gasteiger partial charge in [-0.1, -0.05) is 6.92 Å². The second kappa shape index (κ2) is 6.44. The predicted octanol–water partition coefficient (Wildman–Crippen LogP) is 2.96. The Labute approximate surface area is 113 Å². The lowest BCUT2D eigenvalue weighted by molar-refractivity contribution is 0.305. The Balaban J connectivity index is 1.95. The lowest BCUT2D eigenvalue weighted by Gasteiger charge is -2.21. The molecule has 1 aromatic rings. The van der Waals surface area contributed by atoms with Crippen LogP contribution in [0.15, 0.2) is 18.2 Å². The molecule has 1 saturated heterocycles. The highest BCUT2D eigenvalue weighted by Gasteiger charge is 2.20. The van der Waals surface area contributed by atoms with Crippen LogP contribution in [0.4, 0.5) is 8.78 Å². The van der Waals surface area contributed by atoms with Crippen molar-refractivity contribution in [1.29, 1.82) is 0 Å². The van der Waals surface area contributed by atoms with Gasteiger partial charge in [0.25, 0.3) is 0 Å².